The Morgan fingerprint density at radius 3 is 2.26 bits per heavy atom. The van der Waals surface area contributed by atoms with Gasteiger partial charge in [0.1, 0.15) is 48.3 Å². The smallest absolute Gasteiger partial charge is 0.331 e. The molecule has 0 bridgehead atoms. The average molecular weight is 771 g/mol. The quantitative estimate of drug-likeness (QED) is 0.0552. The molecule has 13 atom stereocenters. The highest BCUT2D eigenvalue weighted by molar-refractivity contribution is 5.87. The fourth-order valence-corrected chi connectivity index (χ4v) is 6.10. The van der Waals surface area contributed by atoms with Crippen LogP contribution in [-0.4, -0.2) is 170 Å². The third kappa shape index (κ3) is 9.23. The Balaban J connectivity index is 1.48. The van der Waals surface area contributed by atoms with Gasteiger partial charge >= 0.3 is 5.97 Å². The van der Waals surface area contributed by atoms with E-state index in [2.05, 4.69) is 0 Å². The lowest BCUT2D eigenvalue weighted by Crippen LogP contribution is -2.66. The second-order valence-electron chi connectivity index (χ2n) is 13.1. The van der Waals surface area contributed by atoms with Crippen LogP contribution in [-0.2, 0) is 44.4 Å². The third-order valence-electron chi connectivity index (χ3n) is 9.32. The number of benzene rings is 2. The molecule has 0 amide bonds. The second kappa shape index (κ2) is 17.9. The number of rotatable bonds is 14. The van der Waals surface area contributed by atoms with Gasteiger partial charge in [0.25, 0.3) is 0 Å². The predicted octanol–water partition coefficient (Wildman–Crippen LogP) is -2.25. The first-order chi connectivity index (χ1) is 25.7. The van der Waals surface area contributed by atoms with Crippen LogP contribution in [0.3, 0.4) is 0 Å². The SMILES string of the molecule is COc1cc(C=CC(=O)OC2C(CO)OC(OCCc3ccc(O)c(O)c3)C(OC3OCC(O)(CO)C3O)C2OC2OC(C)C(O)C(O)C2O)ccc1O. The van der Waals surface area contributed by atoms with Crippen LogP contribution in [0.4, 0.5) is 0 Å². The topological polar surface area (TPSA) is 293 Å². The van der Waals surface area contributed by atoms with Crippen LogP contribution in [0.2, 0.25) is 0 Å². The summed E-state index contributed by atoms with van der Waals surface area (Å²) in [7, 11) is 1.34. The molecule has 3 aliphatic rings. The van der Waals surface area contributed by atoms with Gasteiger partial charge < -0.3 is 89.0 Å². The first-order valence-corrected chi connectivity index (χ1v) is 17.0. The number of phenols is 3. The summed E-state index contributed by atoms with van der Waals surface area (Å²) in [6.07, 6.45) is -16.9. The summed E-state index contributed by atoms with van der Waals surface area (Å²) in [6, 6.07) is 8.37. The largest absolute Gasteiger partial charge is 0.504 e. The number of phenolic OH excluding ortho intramolecular Hbond substituents is 3. The summed E-state index contributed by atoms with van der Waals surface area (Å²) in [5.41, 5.74) is -1.20. The molecule has 3 heterocycles. The average Bonchev–Trinajstić information content (AvgIpc) is 3.44. The van der Waals surface area contributed by atoms with E-state index < -0.39 is 105 Å². The number of aromatic hydroxyl groups is 3. The van der Waals surface area contributed by atoms with Crippen LogP contribution < -0.4 is 4.74 Å². The Kier molecular flexibility index (Phi) is 13.7. The van der Waals surface area contributed by atoms with Crippen LogP contribution in [0.15, 0.2) is 42.5 Å². The fraction of sp³-hybridized carbons (Fsp3) is 0.571. The van der Waals surface area contributed by atoms with E-state index in [1.165, 1.54) is 56.5 Å². The van der Waals surface area contributed by atoms with Crippen molar-refractivity contribution < 1.29 is 93.8 Å². The number of hydrogen-bond donors (Lipinski definition) is 10. The van der Waals surface area contributed by atoms with E-state index >= 15 is 0 Å². The van der Waals surface area contributed by atoms with Gasteiger partial charge in [-0.05, 0) is 54.8 Å². The molecule has 300 valence electrons. The van der Waals surface area contributed by atoms with Gasteiger partial charge in [0.05, 0.1) is 39.6 Å². The summed E-state index contributed by atoms with van der Waals surface area (Å²) >= 11 is 0. The summed E-state index contributed by atoms with van der Waals surface area (Å²) in [5.74, 6) is -1.74. The molecule has 19 heteroatoms. The molecule has 0 saturated carbocycles. The van der Waals surface area contributed by atoms with Crippen LogP contribution in [0.25, 0.3) is 6.08 Å². The van der Waals surface area contributed by atoms with Crippen LogP contribution in [0, 0.1) is 0 Å². The van der Waals surface area contributed by atoms with Gasteiger partial charge in [-0.25, -0.2) is 4.79 Å². The minimum absolute atomic E-state index is 0.125. The van der Waals surface area contributed by atoms with E-state index in [4.69, 9.17) is 37.9 Å². The van der Waals surface area contributed by atoms with E-state index in [0.29, 0.717) is 11.1 Å². The summed E-state index contributed by atoms with van der Waals surface area (Å²) in [5, 5.41) is 103. The lowest BCUT2D eigenvalue weighted by Gasteiger charge is -2.48. The first kappa shape index (κ1) is 41.5. The number of ether oxygens (including phenoxy) is 8. The zero-order valence-electron chi connectivity index (χ0n) is 29.2. The van der Waals surface area contributed by atoms with Gasteiger partial charge in [0.2, 0.25) is 0 Å². The molecule has 19 nitrogen and oxygen atoms in total. The first-order valence-electron chi connectivity index (χ1n) is 17.0. The van der Waals surface area contributed by atoms with Crippen molar-refractivity contribution in [2.75, 3.05) is 33.5 Å². The molecule has 10 N–H and O–H groups in total. The highest BCUT2D eigenvalue weighted by Gasteiger charge is 2.56. The molecule has 0 radical (unpaired) electrons. The zero-order valence-corrected chi connectivity index (χ0v) is 29.2. The molecule has 0 spiro atoms. The van der Waals surface area contributed by atoms with Crippen molar-refractivity contribution in [3.05, 3.63) is 53.6 Å². The van der Waals surface area contributed by atoms with E-state index in [1.54, 1.807) is 0 Å². The van der Waals surface area contributed by atoms with E-state index in [-0.39, 0.29) is 36.0 Å². The Bertz CT molecular complexity index is 1590. The Morgan fingerprint density at radius 2 is 1.59 bits per heavy atom. The Labute approximate surface area is 308 Å². The standard InChI is InChI=1S/C35H46O19/c1-16-25(42)26(43)27(44)32(50-16)53-29-28(52-24(41)8-5-17-4-7-20(39)22(12-17)47-2)23(13-36)51-33(48-10-9-18-3-6-19(38)21(40)11-18)30(29)54-34-31(45)35(46,14-37)15-49-34/h3-8,11-12,16,23,25-34,36-40,42-46H,9-10,13-15H2,1-2H3. The zero-order chi connectivity index (χ0) is 39.3. The van der Waals surface area contributed by atoms with Crippen molar-refractivity contribution in [1.82, 2.24) is 0 Å². The molecular weight excluding hydrogens is 724 g/mol. The van der Waals surface area contributed by atoms with Gasteiger partial charge in [-0.3, -0.25) is 0 Å². The lowest BCUT2D eigenvalue weighted by atomic mass is 9.96. The van der Waals surface area contributed by atoms with Crippen molar-refractivity contribution in [3.8, 4) is 23.0 Å². The molecule has 3 fully saturated rings. The van der Waals surface area contributed by atoms with Gasteiger partial charge in [0, 0.05) is 6.08 Å². The van der Waals surface area contributed by atoms with Crippen molar-refractivity contribution in [2.45, 2.75) is 92.8 Å². The highest BCUT2D eigenvalue weighted by atomic mass is 16.8. The third-order valence-corrected chi connectivity index (χ3v) is 9.32. The van der Waals surface area contributed by atoms with Crippen molar-refractivity contribution in [3.63, 3.8) is 0 Å². The predicted molar refractivity (Wildman–Crippen MR) is 179 cm³/mol. The molecule has 54 heavy (non-hydrogen) atoms. The van der Waals surface area contributed by atoms with E-state index in [0.717, 1.165) is 6.08 Å². The fourth-order valence-electron chi connectivity index (χ4n) is 6.10. The molecule has 5 rings (SSSR count). The lowest BCUT2D eigenvalue weighted by molar-refractivity contribution is -0.375. The number of aliphatic hydroxyl groups is 7. The second-order valence-corrected chi connectivity index (χ2v) is 13.1. The molecule has 13 unspecified atom stereocenters. The van der Waals surface area contributed by atoms with Gasteiger partial charge in [0.15, 0.2) is 48.0 Å². The normalized spacial score (nSPS) is 35.6. The number of methoxy groups -OCH3 is 1. The van der Waals surface area contributed by atoms with Crippen LogP contribution in [0.5, 0.6) is 23.0 Å². The molecule has 0 aliphatic carbocycles. The summed E-state index contributed by atoms with van der Waals surface area (Å²) in [6.45, 7) is -1.06. The van der Waals surface area contributed by atoms with Gasteiger partial charge in [-0.1, -0.05) is 12.1 Å². The van der Waals surface area contributed by atoms with Crippen LogP contribution >= 0.6 is 0 Å². The maximum absolute atomic E-state index is 13.3. The maximum atomic E-state index is 13.3. The van der Waals surface area contributed by atoms with E-state index in [1.807, 2.05) is 0 Å². The highest BCUT2D eigenvalue weighted by Crippen LogP contribution is 2.36. The summed E-state index contributed by atoms with van der Waals surface area (Å²) < 4.78 is 46.2. The molecule has 3 aliphatic heterocycles. The Morgan fingerprint density at radius 1 is 0.870 bits per heavy atom. The molecule has 2 aromatic rings. The van der Waals surface area contributed by atoms with Gasteiger partial charge in [-0.2, -0.15) is 0 Å². The molecule has 0 aromatic heterocycles. The number of carbonyl (C=O) groups excluding carboxylic acids is 1. The van der Waals surface area contributed by atoms with Crippen LogP contribution in [0.1, 0.15) is 18.1 Å². The monoisotopic (exact) mass is 770 g/mol. The molecular formula is C35H46O19. The number of esters is 1. The Hall–Kier alpha value is -3.67. The van der Waals surface area contributed by atoms with E-state index in [9.17, 15) is 55.9 Å². The minimum atomic E-state index is -2.15. The molecule has 2 aromatic carbocycles. The number of carbonyl (C=O) groups is 1. The van der Waals surface area contributed by atoms with Crippen molar-refractivity contribution in [1.29, 1.82) is 0 Å². The molecule has 3 saturated heterocycles. The van der Waals surface area contributed by atoms with Gasteiger partial charge in [-0.15, -0.1) is 0 Å². The summed E-state index contributed by atoms with van der Waals surface area (Å²) in [4.78, 5) is 13.3. The number of aliphatic hydroxyl groups excluding tert-OH is 6. The number of hydrogen-bond acceptors (Lipinski definition) is 19. The minimum Gasteiger partial charge on any atom is -0.504 e. The maximum Gasteiger partial charge on any atom is 0.331 e. The van der Waals surface area contributed by atoms with Crippen molar-refractivity contribution >= 4 is 12.0 Å². The van der Waals surface area contributed by atoms with Crippen molar-refractivity contribution in [2.24, 2.45) is 0 Å².